The van der Waals surface area contributed by atoms with Crippen LogP contribution in [0.4, 0.5) is 0 Å². The summed E-state index contributed by atoms with van der Waals surface area (Å²) in [5, 5.41) is 3.20. The summed E-state index contributed by atoms with van der Waals surface area (Å²) in [4.78, 5) is 4.46. The molecule has 0 radical (unpaired) electrons. The predicted molar refractivity (Wildman–Crippen MR) is 70.2 cm³/mol. The second kappa shape index (κ2) is 5.80. The molecule has 2 aromatic rings. The van der Waals surface area contributed by atoms with Gasteiger partial charge < -0.3 is 10.5 Å². The fraction of sp³-hybridized carbons (Fsp3) is 0.308. The summed E-state index contributed by atoms with van der Waals surface area (Å²) in [5.74, 6) is 0.846. The zero-order chi connectivity index (χ0) is 12.1. The third kappa shape index (κ3) is 3.28. The van der Waals surface area contributed by atoms with Gasteiger partial charge in [-0.3, -0.25) is 0 Å². The van der Waals surface area contributed by atoms with E-state index in [1.54, 1.807) is 11.3 Å². The van der Waals surface area contributed by atoms with Gasteiger partial charge in [-0.1, -0.05) is 19.1 Å². The lowest BCUT2D eigenvalue weighted by molar-refractivity contribution is 0.301. The van der Waals surface area contributed by atoms with Gasteiger partial charge in [-0.05, 0) is 24.1 Å². The number of hydrogen-bond acceptors (Lipinski definition) is 4. The maximum absolute atomic E-state index is 5.68. The molecule has 0 aliphatic carbocycles. The standard InChI is InChI=1S/C13H16N2OS/c1-2-13-15-11(9-17-13)8-16-12-5-3-4-10(6-12)7-14/h3-6,9H,2,7-8,14H2,1H3. The van der Waals surface area contributed by atoms with Gasteiger partial charge in [-0.2, -0.15) is 0 Å². The Hall–Kier alpha value is -1.39. The average molecular weight is 248 g/mol. The van der Waals surface area contributed by atoms with E-state index in [0.717, 1.165) is 28.4 Å². The monoisotopic (exact) mass is 248 g/mol. The van der Waals surface area contributed by atoms with Crippen LogP contribution >= 0.6 is 11.3 Å². The maximum Gasteiger partial charge on any atom is 0.131 e. The molecule has 3 nitrogen and oxygen atoms in total. The summed E-state index contributed by atoms with van der Waals surface area (Å²) < 4.78 is 5.68. The van der Waals surface area contributed by atoms with Gasteiger partial charge in [0, 0.05) is 11.9 Å². The highest BCUT2D eigenvalue weighted by molar-refractivity contribution is 7.09. The van der Waals surface area contributed by atoms with Crippen molar-refractivity contribution < 1.29 is 4.74 Å². The van der Waals surface area contributed by atoms with Crippen molar-refractivity contribution in [3.8, 4) is 5.75 Å². The Balaban J connectivity index is 1.96. The Morgan fingerprint density at radius 1 is 1.41 bits per heavy atom. The van der Waals surface area contributed by atoms with Gasteiger partial charge in [0.25, 0.3) is 0 Å². The molecule has 1 aromatic heterocycles. The van der Waals surface area contributed by atoms with E-state index in [2.05, 4.69) is 11.9 Å². The molecule has 0 fully saturated rings. The number of thiazole rings is 1. The summed E-state index contributed by atoms with van der Waals surface area (Å²) >= 11 is 1.68. The molecule has 2 rings (SSSR count). The number of benzene rings is 1. The first-order chi connectivity index (χ1) is 8.31. The van der Waals surface area contributed by atoms with E-state index in [4.69, 9.17) is 10.5 Å². The highest BCUT2D eigenvalue weighted by Gasteiger charge is 2.01. The first-order valence-electron chi connectivity index (χ1n) is 5.67. The van der Waals surface area contributed by atoms with Gasteiger partial charge >= 0.3 is 0 Å². The molecule has 90 valence electrons. The summed E-state index contributed by atoms with van der Waals surface area (Å²) in [5.41, 5.74) is 7.65. The largest absolute Gasteiger partial charge is 0.487 e. The van der Waals surface area contributed by atoms with Gasteiger partial charge in [0.2, 0.25) is 0 Å². The fourth-order valence-corrected chi connectivity index (χ4v) is 2.23. The predicted octanol–water partition coefficient (Wildman–Crippen LogP) is 2.74. The van der Waals surface area contributed by atoms with Crippen LogP contribution in [-0.2, 0) is 19.6 Å². The molecule has 0 aliphatic rings. The zero-order valence-electron chi connectivity index (χ0n) is 9.85. The van der Waals surface area contributed by atoms with E-state index in [0.29, 0.717) is 13.2 Å². The van der Waals surface area contributed by atoms with Crippen LogP contribution in [-0.4, -0.2) is 4.98 Å². The highest BCUT2D eigenvalue weighted by atomic mass is 32.1. The summed E-state index contributed by atoms with van der Waals surface area (Å²) in [7, 11) is 0. The van der Waals surface area contributed by atoms with Crippen molar-refractivity contribution in [1.29, 1.82) is 0 Å². The molecule has 2 N–H and O–H groups in total. The number of nitrogens with zero attached hydrogens (tertiary/aromatic N) is 1. The smallest absolute Gasteiger partial charge is 0.131 e. The number of aromatic nitrogens is 1. The minimum atomic E-state index is 0.518. The lowest BCUT2D eigenvalue weighted by atomic mass is 10.2. The average Bonchev–Trinajstić information content (AvgIpc) is 2.84. The molecule has 0 amide bonds. The molecule has 0 saturated heterocycles. The van der Waals surface area contributed by atoms with Gasteiger partial charge in [-0.15, -0.1) is 11.3 Å². The van der Waals surface area contributed by atoms with Crippen molar-refractivity contribution in [2.75, 3.05) is 0 Å². The van der Waals surface area contributed by atoms with E-state index in [1.807, 2.05) is 29.6 Å². The number of nitrogens with two attached hydrogens (primary N) is 1. The van der Waals surface area contributed by atoms with Crippen LogP contribution in [0, 0.1) is 0 Å². The SMILES string of the molecule is CCc1nc(COc2cccc(CN)c2)cs1. The molecule has 0 spiro atoms. The first kappa shape index (κ1) is 12.1. The van der Waals surface area contributed by atoms with Crippen molar-refractivity contribution >= 4 is 11.3 Å². The minimum absolute atomic E-state index is 0.518. The van der Waals surface area contributed by atoms with Crippen molar-refractivity contribution in [3.05, 3.63) is 45.9 Å². The molecule has 0 bridgehead atoms. The number of rotatable bonds is 5. The number of aryl methyl sites for hydroxylation is 1. The van der Waals surface area contributed by atoms with Crippen LogP contribution in [0.5, 0.6) is 5.75 Å². The van der Waals surface area contributed by atoms with E-state index < -0.39 is 0 Å². The lowest BCUT2D eigenvalue weighted by Crippen LogP contribution is -1.99. The van der Waals surface area contributed by atoms with Crippen molar-refractivity contribution in [2.24, 2.45) is 5.73 Å². The highest BCUT2D eigenvalue weighted by Crippen LogP contribution is 2.16. The van der Waals surface area contributed by atoms with Crippen LogP contribution in [0.25, 0.3) is 0 Å². The lowest BCUT2D eigenvalue weighted by Gasteiger charge is -2.05. The number of ether oxygens (including phenoxy) is 1. The molecule has 17 heavy (non-hydrogen) atoms. The van der Waals surface area contributed by atoms with Gasteiger partial charge in [-0.25, -0.2) is 4.98 Å². The molecule has 4 heteroatoms. The quantitative estimate of drug-likeness (QED) is 0.885. The zero-order valence-corrected chi connectivity index (χ0v) is 10.7. The van der Waals surface area contributed by atoms with Gasteiger partial charge in [0.15, 0.2) is 0 Å². The molecule has 0 aliphatic heterocycles. The summed E-state index contributed by atoms with van der Waals surface area (Å²) in [6, 6.07) is 7.85. The fourth-order valence-electron chi connectivity index (χ4n) is 1.50. The molecule has 0 saturated carbocycles. The maximum atomic E-state index is 5.68. The normalized spacial score (nSPS) is 10.5. The van der Waals surface area contributed by atoms with E-state index in [-0.39, 0.29) is 0 Å². The Morgan fingerprint density at radius 3 is 3.00 bits per heavy atom. The molecule has 1 heterocycles. The van der Waals surface area contributed by atoms with Gasteiger partial charge in [0.1, 0.15) is 12.4 Å². The number of hydrogen-bond donors (Lipinski definition) is 1. The topological polar surface area (TPSA) is 48.1 Å². The van der Waals surface area contributed by atoms with E-state index in [9.17, 15) is 0 Å². The Bertz CT molecular complexity index is 482. The Labute approximate surface area is 105 Å². The third-order valence-corrected chi connectivity index (χ3v) is 3.46. The Morgan fingerprint density at radius 2 is 2.29 bits per heavy atom. The molecule has 0 unspecified atom stereocenters. The minimum Gasteiger partial charge on any atom is -0.487 e. The van der Waals surface area contributed by atoms with Crippen LogP contribution in [0.3, 0.4) is 0 Å². The molecular weight excluding hydrogens is 232 g/mol. The summed E-state index contributed by atoms with van der Waals surface area (Å²) in [6.07, 6.45) is 0.979. The second-order valence-corrected chi connectivity index (χ2v) is 4.67. The molecule has 0 atom stereocenters. The van der Waals surface area contributed by atoms with Crippen LogP contribution in [0.1, 0.15) is 23.2 Å². The van der Waals surface area contributed by atoms with E-state index >= 15 is 0 Å². The van der Waals surface area contributed by atoms with Crippen LogP contribution < -0.4 is 10.5 Å². The van der Waals surface area contributed by atoms with Crippen molar-refractivity contribution in [3.63, 3.8) is 0 Å². The Kier molecular flexibility index (Phi) is 4.12. The molecule has 1 aromatic carbocycles. The van der Waals surface area contributed by atoms with E-state index in [1.165, 1.54) is 0 Å². The summed E-state index contributed by atoms with van der Waals surface area (Å²) in [6.45, 7) is 3.16. The molecular formula is C13H16N2OS. The van der Waals surface area contributed by atoms with Crippen molar-refractivity contribution in [2.45, 2.75) is 26.5 Å². The van der Waals surface area contributed by atoms with Crippen LogP contribution in [0.15, 0.2) is 29.6 Å². The first-order valence-corrected chi connectivity index (χ1v) is 6.55. The second-order valence-electron chi connectivity index (χ2n) is 3.73. The van der Waals surface area contributed by atoms with Gasteiger partial charge in [0.05, 0.1) is 10.7 Å². The van der Waals surface area contributed by atoms with Crippen LogP contribution in [0.2, 0.25) is 0 Å². The third-order valence-electron chi connectivity index (χ3n) is 2.42. The van der Waals surface area contributed by atoms with Crippen molar-refractivity contribution in [1.82, 2.24) is 4.98 Å².